The van der Waals surface area contributed by atoms with E-state index in [1.807, 2.05) is 31.2 Å². The average molecular weight is 348 g/mol. The molecule has 0 saturated carbocycles. The Kier molecular flexibility index (Phi) is 3.34. The standard InChI is InChI=1S/C14H10BrN3O3/c1-8-2-7-11(18(19)20)13-12(8)16-14(17-21-13)9-3-5-10(15)6-4-9/h2-7H,1H3,(H,16,17). The lowest BCUT2D eigenvalue weighted by atomic mass is 10.1. The fraction of sp³-hybridized carbons (Fsp3) is 0.0714. The van der Waals surface area contributed by atoms with E-state index in [4.69, 9.17) is 4.84 Å². The number of amidine groups is 1. The van der Waals surface area contributed by atoms with Gasteiger partial charge < -0.3 is 4.84 Å². The summed E-state index contributed by atoms with van der Waals surface area (Å²) in [4.78, 5) is 20.3. The lowest BCUT2D eigenvalue weighted by Gasteiger charge is -2.19. The van der Waals surface area contributed by atoms with Gasteiger partial charge in [0.2, 0.25) is 0 Å². The largest absolute Gasteiger partial charge is 0.371 e. The van der Waals surface area contributed by atoms with Crippen LogP contribution in [0.25, 0.3) is 0 Å². The van der Waals surface area contributed by atoms with Crippen molar-refractivity contribution < 1.29 is 9.76 Å². The zero-order valence-electron chi connectivity index (χ0n) is 11.0. The Morgan fingerprint density at radius 2 is 1.95 bits per heavy atom. The molecule has 2 aromatic rings. The van der Waals surface area contributed by atoms with Gasteiger partial charge in [0.05, 0.1) is 4.92 Å². The molecule has 0 unspecified atom stereocenters. The van der Waals surface area contributed by atoms with Crippen molar-refractivity contribution in [2.24, 2.45) is 4.99 Å². The summed E-state index contributed by atoms with van der Waals surface area (Å²) in [5.41, 5.74) is 4.67. The molecule has 0 spiro atoms. The van der Waals surface area contributed by atoms with Crippen LogP contribution in [0.5, 0.6) is 5.75 Å². The first-order chi connectivity index (χ1) is 10.1. The maximum absolute atomic E-state index is 11.0. The van der Waals surface area contributed by atoms with Crippen LogP contribution in [-0.2, 0) is 0 Å². The van der Waals surface area contributed by atoms with Gasteiger partial charge in [-0.3, -0.25) is 10.1 Å². The number of hydroxylamine groups is 1. The number of fused-ring (bicyclic) bond motifs is 1. The number of aliphatic imine (C=N–C) groups is 1. The monoisotopic (exact) mass is 347 g/mol. The van der Waals surface area contributed by atoms with Crippen LogP contribution >= 0.6 is 15.9 Å². The van der Waals surface area contributed by atoms with Crippen molar-refractivity contribution in [1.82, 2.24) is 5.48 Å². The summed E-state index contributed by atoms with van der Waals surface area (Å²) < 4.78 is 0.954. The maximum atomic E-state index is 11.0. The van der Waals surface area contributed by atoms with E-state index < -0.39 is 4.92 Å². The SMILES string of the molecule is Cc1ccc([N+](=O)[O-])c2c1N=C(c1ccc(Br)cc1)NO2. The van der Waals surface area contributed by atoms with Gasteiger partial charge in [0.25, 0.3) is 5.75 Å². The van der Waals surface area contributed by atoms with E-state index in [2.05, 4.69) is 26.4 Å². The van der Waals surface area contributed by atoms with Crippen molar-refractivity contribution >= 4 is 33.1 Å². The molecule has 0 aromatic heterocycles. The Labute approximate surface area is 128 Å². The molecule has 0 fully saturated rings. The topological polar surface area (TPSA) is 76.8 Å². The van der Waals surface area contributed by atoms with Gasteiger partial charge in [0, 0.05) is 16.1 Å². The number of nitro benzene ring substituents is 1. The number of rotatable bonds is 2. The van der Waals surface area contributed by atoms with Gasteiger partial charge >= 0.3 is 5.69 Å². The molecule has 0 bridgehead atoms. The summed E-state index contributed by atoms with van der Waals surface area (Å²) in [6.45, 7) is 1.83. The first kappa shape index (κ1) is 13.6. The number of halogens is 1. The van der Waals surface area contributed by atoms with E-state index in [0.29, 0.717) is 11.5 Å². The normalized spacial score (nSPS) is 12.8. The van der Waals surface area contributed by atoms with Crippen LogP contribution in [0.3, 0.4) is 0 Å². The van der Waals surface area contributed by atoms with E-state index in [0.717, 1.165) is 15.6 Å². The summed E-state index contributed by atoms with van der Waals surface area (Å²) in [7, 11) is 0. The fourth-order valence-corrected chi connectivity index (χ4v) is 2.27. The van der Waals surface area contributed by atoms with Crippen LogP contribution in [0, 0.1) is 17.0 Å². The molecule has 106 valence electrons. The number of hydrogen-bond acceptors (Lipinski definition) is 5. The number of nitrogens with zero attached hydrogens (tertiary/aromatic N) is 2. The molecule has 1 aliphatic rings. The Bertz CT molecular complexity index is 757. The fourth-order valence-electron chi connectivity index (χ4n) is 2.01. The van der Waals surface area contributed by atoms with Crippen LogP contribution in [-0.4, -0.2) is 10.8 Å². The molecular weight excluding hydrogens is 338 g/mol. The first-order valence-electron chi connectivity index (χ1n) is 6.12. The summed E-state index contributed by atoms with van der Waals surface area (Å²) in [6, 6.07) is 10.6. The van der Waals surface area contributed by atoms with Gasteiger partial charge in [-0.05, 0) is 24.6 Å². The predicted molar refractivity (Wildman–Crippen MR) is 81.9 cm³/mol. The van der Waals surface area contributed by atoms with Gasteiger partial charge in [-0.15, -0.1) is 0 Å². The lowest BCUT2D eigenvalue weighted by Crippen LogP contribution is -2.30. The van der Waals surface area contributed by atoms with Crippen molar-refractivity contribution in [3.05, 3.63) is 62.1 Å². The molecule has 21 heavy (non-hydrogen) atoms. The summed E-state index contributed by atoms with van der Waals surface area (Å²) in [5, 5.41) is 11.0. The summed E-state index contributed by atoms with van der Waals surface area (Å²) >= 11 is 3.37. The van der Waals surface area contributed by atoms with Crippen molar-refractivity contribution in [2.45, 2.75) is 6.92 Å². The van der Waals surface area contributed by atoms with Crippen LogP contribution < -0.4 is 10.3 Å². The van der Waals surface area contributed by atoms with Crippen molar-refractivity contribution in [2.75, 3.05) is 0 Å². The highest BCUT2D eigenvalue weighted by Crippen LogP contribution is 2.41. The molecule has 1 aliphatic heterocycles. The molecule has 0 amide bonds. The summed E-state index contributed by atoms with van der Waals surface area (Å²) in [5.74, 6) is 0.652. The quantitative estimate of drug-likeness (QED) is 0.664. The minimum atomic E-state index is -0.486. The number of benzene rings is 2. The summed E-state index contributed by atoms with van der Waals surface area (Å²) in [6.07, 6.45) is 0. The number of aryl methyl sites for hydroxylation is 1. The van der Waals surface area contributed by atoms with E-state index in [1.165, 1.54) is 6.07 Å². The third kappa shape index (κ3) is 2.47. The second-order valence-corrected chi connectivity index (χ2v) is 5.42. The van der Waals surface area contributed by atoms with Crippen LogP contribution in [0.1, 0.15) is 11.1 Å². The van der Waals surface area contributed by atoms with E-state index in [-0.39, 0.29) is 11.4 Å². The molecule has 3 rings (SSSR count). The van der Waals surface area contributed by atoms with E-state index >= 15 is 0 Å². The number of nitrogens with one attached hydrogen (secondary N) is 1. The Morgan fingerprint density at radius 3 is 2.62 bits per heavy atom. The van der Waals surface area contributed by atoms with Crippen LogP contribution in [0.15, 0.2) is 45.9 Å². The zero-order valence-corrected chi connectivity index (χ0v) is 12.5. The van der Waals surface area contributed by atoms with Gasteiger partial charge in [-0.1, -0.05) is 34.1 Å². The van der Waals surface area contributed by atoms with Gasteiger partial charge in [-0.2, -0.15) is 0 Å². The number of hydrogen-bond donors (Lipinski definition) is 1. The van der Waals surface area contributed by atoms with Crippen molar-refractivity contribution in [1.29, 1.82) is 0 Å². The highest BCUT2D eigenvalue weighted by Gasteiger charge is 2.26. The molecule has 0 radical (unpaired) electrons. The maximum Gasteiger partial charge on any atom is 0.316 e. The Morgan fingerprint density at radius 1 is 1.24 bits per heavy atom. The van der Waals surface area contributed by atoms with Gasteiger partial charge in [-0.25, -0.2) is 10.5 Å². The van der Waals surface area contributed by atoms with Crippen LogP contribution in [0.2, 0.25) is 0 Å². The first-order valence-corrected chi connectivity index (χ1v) is 6.91. The minimum absolute atomic E-state index is 0.110. The molecule has 0 aliphatic carbocycles. The second-order valence-electron chi connectivity index (χ2n) is 4.51. The second kappa shape index (κ2) is 5.17. The van der Waals surface area contributed by atoms with Crippen molar-refractivity contribution in [3.8, 4) is 5.75 Å². The van der Waals surface area contributed by atoms with Gasteiger partial charge in [0.15, 0.2) is 5.84 Å². The lowest BCUT2D eigenvalue weighted by molar-refractivity contribution is -0.386. The predicted octanol–water partition coefficient (Wildman–Crippen LogP) is 3.64. The molecule has 1 N–H and O–H groups in total. The van der Waals surface area contributed by atoms with E-state index in [9.17, 15) is 10.1 Å². The molecular formula is C14H10BrN3O3. The third-order valence-corrected chi connectivity index (χ3v) is 3.63. The molecule has 6 nitrogen and oxygen atoms in total. The molecule has 0 atom stereocenters. The molecule has 1 heterocycles. The average Bonchev–Trinajstić information content (AvgIpc) is 2.48. The Hall–Kier alpha value is -2.41. The molecule has 2 aromatic carbocycles. The highest BCUT2D eigenvalue weighted by atomic mass is 79.9. The zero-order chi connectivity index (χ0) is 15.0. The molecule has 7 heteroatoms. The molecule has 0 saturated heterocycles. The number of nitro groups is 1. The van der Waals surface area contributed by atoms with Gasteiger partial charge in [0.1, 0.15) is 5.69 Å². The van der Waals surface area contributed by atoms with Crippen molar-refractivity contribution in [3.63, 3.8) is 0 Å². The third-order valence-electron chi connectivity index (χ3n) is 3.10. The smallest absolute Gasteiger partial charge is 0.316 e. The highest BCUT2D eigenvalue weighted by molar-refractivity contribution is 9.10. The minimum Gasteiger partial charge on any atom is -0.371 e. The Balaban J connectivity index is 2.11. The van der Waals surface area contributed by atoms with E-state index in [1.54, 1.807) is 6.07 Å². The van der Waals surface area contributed by atoms with Crippen LogP contribution in [0.4, 0.5) is 11.4 Å².